The molecule has 2 atom stereocenters. The molecule has 10 heteroatoms. The Hall–Kier alpha value is -2.65. The summed E-state index contributed by atoms with van der Waals surface area (Å²) in [6.07, 6.45) is 20.5. The fraction of sp³-hybridized carbons (Fsp3) is 0.677. The van der Waals surface area contributed by atoms with Crippen molar-refractivity contribution in [1.82, 2.24) is 30.4 Å². The third-order valence-corrected chi connectivity index (χ3v) is 8.97. The summed E-state index contributed by atoms with van der Waals surface area (Å²) in [5.74, 6) is 1.94. The first-order valence-corrected chi connectivity index (χ1v) is 16.0. The highest BCUT2D eigenvalue weighted by molar-refractivity contribution is 6.32. The Kier molecular flexibility index (Phi) is 10.5. The van der Waals surface area contributed by atoms with Crippen LogP contribution < -0.4 is 16.0 Å². The van der Waals surface area contributed by atoms with E-state index in [4.69, 9.17) is 21.3 Å². The number of rotatable bonds is 11. The summed E-state index contributed by atoms with van der Waals surface area (Å²) in [5, 5.41) is 15.2. The summed E-state index contributed by atoms with van der Waals surface area (Å²) in [6.45, 7) is 3.72. The minimum atomic E-state index is -0.283. The maximum Gasteiger partial charge on any atom is 0.407 e. The highest BCUT2D eigenvalue weighted by Gasteiger charge is 2.27. The molecule has 0 bridgehead atoms. The number of amides is 1. The van der Waals surface area contributed by atoms with Gasteiger partial charge in [0.05, 0.1) is 23.1 Å². The number of nitrogens with zero attached hydrogens (tertiary/aromatic N) is 4. The van der Waals surface area contributed by atoms with Gasteiger partial charge in [0.1, 0.15) is 6.10 Å². The topological polar surface area (TPSA) is 106 Å². The van der Waals surface area contributed by atoms with Gasteiger partial charge in [0, 0.05) is 36.9 Å². The van der Waals surface area contributed by atoms with Crippen LogP contribution in [0.4, 0.5) is 10.7 Å². The minimum Gasteiger partial charge on any atom is -0.446 e. The number of carbonyl (C=O) groups excluding carboxylic acids is 1. The second kappa shape index (κ2) is 14.5. The van der Waals surface area contributed by atoms with Crippen molar-refractivity contribution in [2.75, 3.05) is 18.4 Å². The number of alkyl carbamates (subject to hydrolysis) is 1. The second-order valence-electron chi connectivity index (χ2n) is 12.2. The van der Waals surface area contributed by atoms with E-state index in [9.17, 15) is 4.79 Å². The molecular weight excluding hydrogens is 538 g/mol. The van der Waals surface area contributed by atoms with Crippen molar-refractivity contribution >= 4 is 23.6 Å². The molecule has 2 unspecified atom stereocenters. The van der Waals surface area contributed by atoms with Gasteiger partial charge >= 0.3 is 6.09 Å². The summed E-state index contributed by atoms with van der Waals surface area (Å²) in [6, 6.07) is 0.831. The lowest BCUT2D eigenvalue weighted by Gasteiger charge is -2.30. The number of allylic oxidation sites excluding steroid dienone is 2. The smallest absolute Gasteiger partial charge is 0.407 e. The van der Waals surface area contributed by atoms with Gasteiger partial charge in [0.15, 0.2) is 0 Å². The Morgan fingerprint density at radius 3 is 2.66 bits per heavy atom. The van der Waals surface area contributed by atoms with Gasteiger partial charge in [0.25, 0.3) is 0 Å². The van der Waals surface area contributed by atoms with Crippen molar-refractivity contribution in [3.63, 3.8) is 0 Å². The van der Waals surface area contributed by atoms with E-state index in [0.29, 0.717) is 35.5 Å². The Morgan fingerprint density at radius 2 is 1.85 bits per heavy atom. The van der Waals surface area contributed by atoms with Crippen molar-refractivity contribution < 1.29 is 9.53 Å². The Labute approximate surface area is 249 Å². The van der Waals surface area contributed by atoms with E-state index in [1.165, 1.54) is 18.5 Å². The van der Waals surface area contributed by atoms with Gasteiger partial charge in [-0.25, -0.2) is 14.8 Å². The number of ether oxygens (including phenoxy) is 1. The van der Waals surface area contributed by atoms with Crippen LogP contribution in [0.5, 0.6) is 0 Å². The number of anilines is 1. The average Bonchev–Trinajstić information content (AvgIpc) is 3.71. The zero-order valence-electron chi connectivity index (χ0n) is 24.6. The van der Waals surface area contributed by atoms with Crippen LogP contribution in [0.25, 0.3) is 11.3 Å². The standard InChI is InChI=1S/C31H46ClN7O2/c1-21-6-3-4-7-25(15-8-21)41-31(40)34-17-5-16-33-23-11-13-24(14-12-23)37-30-35-20-27(32)29(38-30)26-19-36-39(2)28(26)18-22-9-10-22/h3,6,19-25,33H,4-5,7-18H2,1-2H3,(H,34,40)(H,35,37,38)/b6-3-/t21?,23-,24-,25?. The molecule has 0 saturated heterocycles. The van der Waals surface area contributed by atoms with Crippen molar-refractivity contribution in [3.05, 3.63) is 35.3 Å². The average molecular weight is 584 g/mol. The molecule has 0 aliphatic heterocycles. The fourth-order valence-corrected chi connectivity index (χ4v) is 6.14. The predicted molar refractivity (Wildman–Crippen MR) is 163 cm³/mol. The predicted octanol–water partition coefficient (Wildman–Crippen LogP) is 6.05. The molecular formula is C31H46ClN7O2. The summed E-state index contributed by atoms with van der Waals surface area (Å²) in [5.41, 5.74) is 2.97. The Balaban J connectivity index is 0.994. The van der Waals surface area contributed by atoms with Crippen LogP contribution in [0.15, 0.2) is 24.5 Å². The van der Waals surface area contributed by atoms with Crippen LogP contribution in [0, 0.1) is 11.8 Å². The molecule has 0 radical (unpaired) electrons. The number of hydrogen-bond donors (Lipinski definition) is 3. The van der Waals surface area contributed by atoms with E-state index in [2.05, 4.69) is 45.1 Å². The van der Waals surface area contributed by atoms with E-state index < -0.39 is 0 Å². The molecule has 0 aromatic carbocycles. The minimum absolute atomic E-state index is 0.0225. The first kappa shape index (κ1) is 29.8. The monoisotopic (exact) mass is 583 g/mol. The second-order valence-corrected chi connectivity index (χ2v) is 12.6. The van der Waals surface area contributed by atoms with Gasteiger partial charge in [-0.05, 0) is 95.4 Å². The highest BCUT2D eigenvalue weighted by atomic mass is 35.5. The van der Waals surface area contributed by atoms with Gasteiger partial charge in [-0.1, -0.05) is 30.7 Å². The van der Waals surface area contributed by atoms with Gasteiger partial charge in [-0.15, -0.1) is 0 Å². The lowest BCUT2D eigenvalue weighted by Crippen LogP contribution is -2.38. The van der Waals surface area contributed by atoms with Gasteiger partial charge in [-0.3, -0.25) is 4.68 Å². The number of aryl methyl sites for hydroxylation is 1. The number of hydrogen-bond acceptors (Lipinski definition) is 7. The first-order valence-electron chi connectivity index (χ1n) is 15.6. The molecule has 0 spiro atoms. The van der Waals surface area contributed by atoms with Crippen LogP contribution in [-0.4, -0.2) is 57.1 Å². The van der Waals surface area contributed by atoms with Crippen LogP contribution in [0.1, 0.15) is 83.2 Å². The molecule has 2 aromatic heterocycles. The third kappa shape index (κ3) is 8.92. The fourth-order valence-electron chi connectivity index (χ4n) is 5.94. The van der Waals surface area contributed by atoms with Crippen LogP contribution >= 0.6 is 11.6 Å². The normalized spacial score (nSPS) is 25.6. The zero-order valence-corrected chi connectivity index (χ0v) is 25.3. The molecule has 2 aromatic rings. The van der Waals surface area contributed by atoms with E-state index >= 15 is 0 Å². The highest BCUT2D eigenvalue weighted by Crippen LogP contribution is 2.37. The van der Waals surface area contributed by atoms with Crippen LogP contribution in [-0.2, 0) is 18.2 Å². The van der Waals surface area contributed by atoms with E-state index in [-0.39, 0.29) is 12.2 Å². The summed E-state index contributed by atoms with van der Waals surface area (Å²) >= 11 is 6.54. The van der Waals surface area contributed by atoms with E-state index in [1.54, 1.807) is 6.20 Å². The first-order chi connectivity index (χ1) is 19.9. The third-order valence-electron chi connectivity index (χ3n) is 8.69. The lowest BCUT2D eigenvalue weighted by molar-refractivity contribution is 0.0844. The van der Waals surface area contributed by atoms with Crippen molar-refractivity contribution in [1.29, 1.82) is 0 Å². The van der Waals surface area contributed by atoms with Crippen LogP contribution in [0.2, 0.25) is 5.02 Å². The van der Waals surface area contributed by atoms with E-state index in [0.717, 1.165) is 87.9 Å². The van der Waals surface area contributed by atoms with E-state index in [1.807, 2.05) is 17.9 Å². The number of carbonyl (C=O) groups is 1. The zero-order chi connectivity index (χ0) is 28.6. The number of nitrogens with one attached hydrogen (secondary N) is 3. The maximum atomic E-state index is 12.2. The van der Waals surface area contributed by atoms with Gasteiger partial charge in [-0.2, -0.15) is 5.10 Å². The molecule has 3 N–H and O–H groups in total. The number of halogens is 1. The molecule has 5 rings (SSSR count). The van der Waals surface area contributed by atoms with Crippen LogP contribution in [0.3, 0.4) is 0 Å². The largest absolute Gasteiger partial charge is 0.446 e. The molecule has 2 saturated carbocycles. The van der Waals surface area contributed by atoms with Crippen molar-refractivity contribution in [2.45, 2.75) is 102 Å². The summed E-state index contributed by atoms with van der Waals surface area (Å²) < 4.78 is 7.61. The quantitative estimate of drug-likeness (QED) is 0.218. The molecule has 1 amide bonds. The van der Waals surface area contributed by atoms with Gasteiger partial charge < -0.3 is 20.7 Å². The molecule has 41 heavy (non-hydrogen) atoms. The summed E-state index contributed by atoms with van der Waals surface area (Å²) in [7, 11) is 1.99. The van der Waals surface area contributed by atoms with Crippen molar-refractivity contribution in [3.8, 4) is 11.3 Å². The molecule has 224 valence electrons. The maximum absolute atomic E-state index is 12.2. The van der Waals surface area contributed by atoms with Crippen molar-refractivity contribution in [2.24, 2.45) is 18.9 Å². The molecule has 2 heterocycles. The SMILES string of the molecule is CC1/C=C\CCC(OC(=O)NCCCN[C@H]2CC[C@H](Nc3ncc(Cl)c(-c4cnn(C)c4CC4CC4)n3)CC2)CC1. The Bertz CT molecular complexity index is 1170. The summed E-state index contributed by atoms with van der Waals surface area (Å²) in [4.78, 5) is 21.5. The molecule has 9 nitrogen and oxygen atoms in total. The Morgan fingerprint density at radius 1 is 1.05 bits per heavy atom. The molecule has 3 aliphatic rings. The molecule has 2 fully saturated rings. The van der Waals surface area contributed by atoms with Gasteiger partial charge in [0.2, 0.25) is 5.95 Å². The lowest BCUT2D eigenvalue weighted by atomic mass is 9.91. The molecule has 3 aliphatic carbocycles. The number of aromatic nitrogens is 4.